The summed E-state index contributed by atoms with van der Waals surface area (Å²) in [5, 5.41) is 32.4. The van der Waals surface area contributed by atoms with Gasteiger partial charge in [-0.1, -0.05) is 135 Å². The van der Waals surface area contributed by atoms with Gasteiger partial charge in [-0.2, -0.15) is 5.26 Å². The zero-order chi connectivity index (χ0) is 58.7. The van der Waals surface area contributed by atoms with Crippen LogP contribution in [0.4, 0.5) is 5.69 Å². The van der Waals surface area contributed by atoms with E-state index in [0.717, 1.165) is 81.2 Å². The summed E-state index contributed by atoms with van der Waals surface area (Å²) in [7, 11) is 0. The average Bonchev–Trinajstić information content (AvgIpc) is 4.55. The summed E-state index contributed by atoms with van der Waals surface area (Å²) in [5.41, 5.74) is 9.87. The van der Waals surface area contributed by atoms with Crippen LogP contribution in [0.2, 0.25) is 0 Å². The standard InChI is InChI=1S/C71H85N3O5S4/c1-6-11-15-20-28-50-43-63(80-61(50)47-55(48-72)70(77)74(41-27-19-24-34-66(75)76)56-38-35-49(36-39-56)71(78)79)67-53(30-22-17-13-8-3)45-65(82-67)69-54(31-23-18-14-9-4)46-64(83-69)68-52(29-21-16-12-7-2)44-62(81-68)51-37-40-60-58(42-51)57-32-25-26-33-59(57)73(60)10-5/h25-26,32-33,35-40,42-47H,6-24,27-31,34,41H2,1-5H3,(H,75,76)(H,78,79)/b55-47+. The molecule has 0 saturated carbocycles. The van der Waals surface area contributed by atoms with Gasteiger partial charge in [0.05, 0.1) is 5.56 Å². The zero-order valence-corrected chi connectivity index (χ0v) is 53.0. The summed E-state index contributed by atoms with van der Waals surface area (Å²) in [6.07, 6.45) is 26.0. The number of anilines is 1. The van der Waals surface area contributed by atoms with Crippen molar-refractivity contribution in [2.75, 3.05) is 11.4 Å². The largest absolute Gasteiger partial charge is 0.481 e. The minimum Gasteiger partial charge on any atom is -0.481 e. The van der Waals surface area contributed by atoms with E-state index in [0.29, 0.717) is 24.9 Å². The number of hydrogen-bond acceptors (Lipinski definition) is 8. The number of hydrogen-bond donors (Lipinski definition) is 2. The molecule has 0 aliphatic carbocycles. The van der Waals surface area contributed by atoms with Crippen molar-refractivity contribution in [3.63, 3.8) is 0 Å². The van der Waals surface area contributed by atoms with Crippen LogP contribution >= 0.6 is 45.3 Å². The highest BCUT2D eigenvalue weighted by atomic mass is 32.1. The number of aryl methyl sites for hydroxylation is 5. The number of aliphatic carboxylic acids is 1. The molecular weight excluding hydrogens is 1100 g/mol. The monoisotopic (exact) mass is 1190 g/mol. The Morgan fingerprint density at radius 1 is 0.530 bits per heavy atom. The number of unbranched alkanes of at least 4 members (excludes halogenated alkanes) is 14. The Balaban J connectivity index is 1.21. The highest BCUT2D eigenvalue weighted by molar-refractivity contribution is 7.29. The number of fused-ring (bicyclic) bond motifs is 3. The van der Waals surface area contributed by atoms with E-state index in [4.69, 9.17) is 0 Å². The first-order chi connectivity index (χ1) is 40.5. The molecule has 2 N–H and O–H groups in total. The van der Waals surface area contributed by atoms with Crippen molar-refractivity contribution in [3.05, 3.63) is 129 Å². The highest BCUT2D eigenvalue weighted by Gasteiger charge is 2.25. The Morgan fingerprint density at radius 3 is 1.55 bits per heavy atom. The molecule has 438 valence electrons. The number of rotatable bonds is 35. The van der Waals surface area contributed by atoms with Crippen LogP contribution in [0.3, 0.4) is 0 Å². The minimum atomic E-state index is -1.07. The van der Waals surface area contributed by atoms with Crippen LogP contribution in [0.1, 0.15) is 201 Å². The molecule has 0 unspecified atom stereocenters. The molecule has 5 heterocycles. The van der Waals surface area contributed by atoms with Crippen LogP contribution in [0.15, 0.2) is 96.6 Å². The summed E-state index contributed by atoms with van der Waals surface area (Å²) >= 11 is 7.55. The fourth-order valence-corrected chi connectivity index (χ4v) is 16.7. The van der Waals surface area contributed by atoms with E-state index in [1.807, 2.05) is 34.0 Å². The van der Waals surface area contributed by atoms with Gasteiger partial charge >= 0.3 is 11.9 Å². The van der Waals surface area contributed by atoms with Gasteiger partial charge in [0, 0.05) is 86.0 Å². The van der Waals surface area contributed by atoms with E-state index >= 15 is 0 Å². The van der Waals surface area contributed by atoms with Gasteiger partial charge in [0.25, 0.3) is 5.91 Å². The summed E-state index contributed by atoms with van der Waals surface area (Å²) < 4.78 is 2.44. The third kappa shape index (κ3) is 16.2. The molecule has 8 rings (SSSR count). The van der Waals surface area contributed by atoms with Gasteiger partial charge in [0.1, 0.15) is 11.6 Å². The van der Waals surface area contributed by atoms with E-state index in [1.54, 1.807) is 34.4 Å². The van der Waals surface area contributed by atoms with Gasteiger partial charge in [-0.3, -0.25) is 9.59 Å². The molecule has 0 atom stereocenters. The second-order valence-electron chi connectivity index (χ2n) is 22.3. The van der Waals surface area contributed by atoms with Crippen molar-refractivity contribution in [1.29, 1.82) is 5.26 Å². The van der Waals surface area contributed by atoms with Gasteiger partial charge < -0.3 is 19.7 Å². The lowest BCUT2D eigenvalue weighted by Crippen LogP contribution is -2.33. The van der Waals surface area contributed by atoms with E-state index in [-0.39, 0.29) is 24.1 Å². The molecule has 0 aliphatic rings. The Labute approximate surface area is 509 Å². The highest BCUT2D eigenvalue weighted by Crippen LogP contribution is 2.50. The van der Waals surface area contributed by atoms with E-state index in [9.17, 15) is 29.9 Å². The Kier molecular flexibility index (Phi) is 24.0. The summed E-state index contributed by atoms with van der Waals surface area (Å²) in [6.45, 7) is 12.5. The molecule has 0 saturated heterocycles. The number of nitrogens with zero attached hydrogens (tertiary/aromatic N) is 3. The van der Waals surface area contributed by atoms with Crippen LogP contribution < -0.4 is 4.90 Å². The van der Waals surface area contributed by atoms with Crippen molar-refractivity contribution in [2.45, 2.75) is 195 Å². The number of carboxylic acids is 2. The van der Waals surface area contributed by atoms with Crippen LogP contribution in [0, 0.1) is 11.3 Å². The number of carboxylic acid groups (broad SMARTS) is 2. The maximum atomic E-state index is 14.7. The SMILES string of the molecule is CCCCCCc1cc(-c2sc(-c3sc(-c4sc(-c5ccc6c(c5)c5ccccc5n6CC)cc4CCCCCC)cc3CCCCCC)cc2CCCCCC)sc1/C=C(\C#N)C(=O)N(CCCCCC(=O)O)c1ccc(C(=O)O)cc1. The third-order valence-electron chi connectivity index (χ3n) is 16.1. The number of benzene rings is 3. The molecule has 0 spiro atoms. The fourth-order valence-electron chi connectivity index (χ4n) is 11.5. The average molecular weight is 1190 g/mol. The van der Waals surface area contributed by atoms with Crippen LogP contribution in [-0.4, -0.2) is 39.2 Å². The second-order valence-corrected chi connectivity index (χ2v) is 26.6. The second kappa shape index (κ2) is 31.7. The van der Waals surface area contributed by atoms with Gasteiger partial charge in [-0.25, -0.2) is 4.79 Å². The van der Waals surface area contributed by atoms with Crippen molar-refractivity contribution in [3.8, 4) is 45.8 Å². The number of aromatic nitrogens is 1. The number of nitriles is 1. The number of para-hydroxylation sites is 1. The molecule has 5 aromatic heterocycles. The molecule has 0 radical (unpaired) electrons. The minimum absolute atomic E-state index is 0.0117. The molecule has 8 nitrogen and oxygen atoms in total. The maximum absolute atomic E-state index is 14.7. The first kappa shape index (κ1) is 62.9. The Hall–Kier alpha value is -6.10. The van der Waals surface area contributed by atoms with Gasteiger partial charge in [-0.15, -0.1) is 45.3 Å². The smallest absolute Gasteiger partial charge is 0.335 e. The van der Waals surface area contributed by atoms with Gasteiger partial charge in [0.2, 0.25) is 0 Å². The van der Waals surface area contributed by atoms with E-state index < -0.39 is 17.8 Å². The number of carbonyl (C=O) groups excluding carboxylic acids is 1. The maximum Gasteiger partial charge on any atom is 0.335 e. The molecule has 1 amide bonds. The third-order valence-corrected chi connectivity index (χ3v) is 21.3. The van der Waals surface area contributed by atoms with Crippen molar-refractivity contribution in [1.82, 2.24) is 4.57 Å². The molecule has 0 bridgehead atoms. The van der Waals surface area contributed by atoms with Crippen LogP contribution in [0.25, 0.3) is 67.6 Å². The summed E-state index contributed by atoms with van der Waals surface area (Å²) in [4.78, 5) is 49.5. The predicted octanol–water partition coefficient (Wildman–Crippen LogP) is 21.5. The quantitative estimate of drug-likeness (QED) is 0.0232. The lowest BCUT2D eigenvalue weighted by atomic mass is 10.0. The molecule has 8 aromatic rings. The van der Waals surface area contributed by atoms with Crippen molar-refractivity contribution >= 4 is 96.8 Å². The van der Waals surface area contributed by atoms with Crippen molar-refractivity contribution < 1.29 is 24.6 Å². The molecular formula is C71H85N3O5S4. The number of amides is 1. The molecule has 0 aliphatic heterocycles. The van der Waals surface area contributed by atoms with Crippen molar-refractivity contribution in [2.24, 2.45) is 0 Å². The molecule has 12 heteroatoms. The molecule has 0 fully saturated rings. The lowest BCUT2D eigenvalue weighted by molar-refractivity contribution is -0.137. The number of thiophene rings is 4. The zero-order valence-electron chi connectivity index (χ0n) is 49.7. The summed E-state index contributed by atoms with van der Waals surface area (Å²) in [6, 6.07) is 34.3. The Morgan fingerprint density at radius 2 is 1.02 bits per heavy atom. The molecule has 3 aromatic carbocycles. The normalized spacial score (nSPS) is 11.8. The number of carbonyl (C=O) groups is 3. The Bertz CT molecular complexity index is 3500. The van der Waals surface area contributed by atoms with Gasteiger partial charge in [0.15, 0.2) is 0 Å². The summed E-state index contributed by atoms with van der Waals surface area (Å²) in [5.74, 6) is -2.39. The fraction of sp³-hybridized carbons (Fsp3) is 0.437. The number of aromatic carboxylic acids is 1. The van der Waals surface area contributed by atoms with Crippen LogP contribution in [-0.2, 0) is 41.8 Å². The first-order valence-electron chi connectivity index (χ1n) is 31.0. The van der Waals surface area contributed by atoms with E-state index in [2.05, 4.69) is 112 Å². The van der Waals surface area contributed by atoms with Gasteiger partial charge in [-0.05, 0) is 172 Å². The van der Waals surface area contributed by atoms with Crippen LogP contribution in [0.5, 0.6) is 0 Å². The topological polar surface area (TPSA) is 124 Å². The lowest BCUT2D eigenvalue weighted by Gasteiger charge is -2.23. The first-order valence-corrected chi connectivity index (χ1v) is 34.3. The predicted molar refractivity (Wildman–Crippen MR) is 355 cm³/mol. The van der Waals surface area contributed by atoms with E-state index in [1.165, 1.54) is 155 Å². The molecule has 83 heavy (non-hydrogen) atoms.